The molecule has 74 valence electrons. The Bertz CT molecular complexity index is 286. The SMILES string of the molecule is CCn1cc([C@H](O)C(F)F)c(C)n1. The highest BCUT2D eigenvalue weighted by molar-refractivity contribution is 5.18. The van der Waals surface area contributed by atoms with Gasteiger partial charge in [0.05, 0.1) is 5.69 Å². The second kappa shape index (κ2) is 3.83. The van der Waals surface area contributed by atoms with Crippen LogP contribution >= 0.6 is 0 Å². The van der Waals surface area contributed by atoms with Gasteiger partial charge in [0.1, 0.15) is 6.10 Å². The maximum absolute atomic E-state index is 12.1. The Morgan fingerprint density at radius 1 is 1.62 bits per heavy atom. The quantitative estimate of drug-likeness (QED) is 0.784. The molecule has 1 rings (SSSR count). The Kier molecular flexibility index (Phi) is 2.98. The molecule has 3 nitrogen and oxygen atoms in total. The molecule has 0 aromatic carbocycles. The first kappa shape index (κ1) is 10.1. The Morgan fingerprint density at radius 2 is 2.23 bits per heavy atom. The van der Waals surface area contributed by atoms with Crippen LogP contribution in [0.2, 0.25) is 0 Å². The number of aryl methyl sites for hydroxylation is 2. The summed E-state index contributed by atoms with van der Waals surface area (Å²) >= 11 is 0. The number of hydrogen-bond donors (Lipinski definition) is 1. The van der Waals surface area contributed by atoms with Crippen LogP contribution in [0.1, 0.15) is 24.3 Å². The first-order valence-corrected chi connectivity index (χ1v) is 4.06. The summed E-state index contributed by atoms with van der Waals surface area (Å²) in [5.74, 6) is 0. The number of alkyl halides is 2. The largest absolute Gasteiger partial charge is 0.382 e. The van der Waals surface area contributed by atoms with Gasteiger partial charge in [0.25, 0.3) is 6.43 Å². The van der Waals surface area contributed by atoms with Crippen molar-refractivity contribution in [2.75, 3.05) is 0 Å². The van der Waals surface area contributed by atoms with Gasteiger partial charge < -0.3 is 5.11 Å². The highest BCUT2D eigenvalue weighted by atomic mass is 19.3. The first-order valence-electron chi connectivity index (χ1n) is 4.06. The predicted molar refractivity (Wildman–Crippen MR) is 43.6 cm³/mol. The van der Waals surface area contributed by atoms with Crippen LogP contribution in [-0.4, -0.2) is 21.3 Å². The molecule has 0 aliphatic heterocycles. The summed E-state index contributed by atoms with van der Waals surface area (Å²) < 4.78 is 25.8. The lowest BCUT2D eigenvalue weighted by atomic mass is 10.1. The fraction of sp³-hybridized carbons (Fsp3) is 0.625. The zero-order valence-electron chi connectivity index (χ0n) is 7.54. The van der Waals surface area contributed by atoms with Gasteiger partial charge in [-0.2, -0.15) is 5.10 Å². The van der Waals surface area contributed by atoms with Crippen LogP contribution in [0.3, 0.4) is 0 Å². The summed E-state index contributed by atoms with van der Waals surface area (Å²) in [6, 6.07) is 0. The molecular weight excluding hydrogens is 178 g/mol. The van der Waals surface area contributed by atoms with E-state index in [-0.39, 0.29) is 5.56 Å². The van der Waals surface area contributed by atoms with Crippen molar-refractivity contribution in [3.05, 3.63) is 17.5 Å². The third-order valence-electron chi connectivity index (χ3n) is 1.87. The molecule has 0 unspecified atom stereocenters. The fourth-order valence-corrected chi connectivity index (χ4v) is 1.12. The molecule has 0 amide bonds. The monoisotopic (exact) mass is 190 g/mol. The number of rotatable bonds is 3. The Morgan fingerprint density at radius 3 is 2.62 bits per heavy atom. The molecule has 0 aliphatic rings. The molecule has 13 heavy (non-hydrogen) atoms. The highest BCUT2D eigenvalue weighted by Gasteiger charge is 2.22. The third-order valence-corrected chi connectivity index (χ3v) is 1.87. The number of hydrogen-bond acceptors (Lipinski definition) is 2. The molecule has 1 aromatic heterocycles. The number of nitrogens with zero attached hydrogens (tertiary/aromatic N) is 2. The van der Waals surface area contributed by atoms with E-state index in [0.29, 0.717) is 12.2 Å². The summed E-state index contributed by atoms with van der Waals surface area (Å²) in [7, 11) is 0. The van der Waals surface area contributed by atoms with Gasteiger partial charge in [-0.25, -0.2) is 8.78 Å². The number of aromatic nitrogens is 2. The van der Waals surface area contributed by atoms with Crippen LogP contribution in [0.5, 0.6) is 0 Å². The number of aliphatic hydroxyl groups excluding tert-OH is 1. The number of aliphatic hydroxyl groups is 1. The molecule has 0 fully saturated rings. The van der Waals surface area contributed by atoms with Crippen molar-refractivity contribution in [2.45, 2.75) is 32.9 Å². The second-order valence-electron chi connectivity index (χ2n) is 2.80. The third kappa shape index (κ3) is 2.03. The number of halogens is 2. The minimum atomic E-state index is -2.76. The molecule has 0 aliphatic carbocycles. The van der Waals surface area contributed by atoms with E-state index in [0.717, 1.165) is 0 Å². The zero-order chi connectivity index (χ0) is 10.0. The van der Waals surface area contributed by atoms with Crippen molar-refractivity contribution < 1.29 is 13.9 Å². The van der Waals surface area contributed by atoms with E-state index in [1.54, 1.807) is 6.92 Å². The highest BCUT2D eigenvalue weighted by Crippen LogP contribution is 2.22. The molecule has 0 saturated heterocycles. The van der Waals surface area contributed by atoms with E-state index in [1.165, 1.54) is 10.9 Å². The van der Waals surface area contributed by atoms with Gasteiger partial charge in [0.15, 0.2) is 0 Å². The van der Waals surface area contributed by atoms with Crippen molar-refractivity contribution >= 4 is 0 Å². The molecule has 5 heteroatoms. The molecule has 0 spiro atoms. The van der Waals surface area contributed by atoms with Gasteiger partial charge in [-0.1, -0.05) is 0 Å². The molecule has 1 aromatic rings. The fourth-order valence-electron chi connectivity index (χ4n) is 1.12. The lowest BCUT2D eigenvalue weighted by Gasteiger charge is -2.06. The molecule has 1 heterocycles. The van der Waals surface area contributed by atoms with Crippen LogP contribution in [0.25, 0.3) is 0 Å². The summed E-state index contributed by atoms with van der Waals surface area (Å²) in [4.78, 5) is 0. The summed E-state index contributed by atoms with van der Waals surface area (Å²) in [6.07, 6.45) is -3.03. The standard InChI is InChI=1S/C8H12F2N2O/c1-3-12-4-6(5(2)11-12)7(13)8(9)10/h4,7-8,13H,3H2,1-2H3/t7-/m0/s1. The predicted octanol–water partition coefficient (Wildman–Crippen LogP) is 1.51. The van der Waals surface area contributed by atoms with Gasteiger partial charge >= 0.3 is 0 Å². The van der Waals surface area contributed by atoms with E-state index in [2.05, 4.69) is 5.10 Å². The van der Waals surface area contributed by atoms with Crippen molar-refractivity contribution in [3.8, 4) is 0 Å². The second-order valence-corrected chi connectivity index (χ2v) is 2.80. The van der Waals surface area contributed by atoms with Gasteiger partial charge in [-0.3, -0.25) is 4.68 Å². The summed E-state index contributed by atoms with van der Waals surface area (Å²) in [5.41, 5.74) is 0.659. The van der Waals surface area contributed by atoms with Crippen molar-refractivity contribution in [1.29, 1.82) is 0 Å². The molecular formula is C8H12F2N2O. The maximum Gasteiger partial charge on any atom is 0.268 e. The normalized spacial score (nSPS) is 13.7. The van der Waals surface area contributed by atoms with Gasteiger partial charge in [-0.05, 0) is 13.8 Å². The maximum atomic E-state index is 12.1. The zero-order valence-corrected chi connectivity index (χ0v) is 7.54. The van der Waals surface area contributed by atoms with E-state index < -0.39 is 12.5 Å². The minimum Gasteiger partial charge on any atom is -0.382 e. The van der Waals surface area contributed by atoms with Crippen molar-refractivity contribution in [3.63, 3.8) is 0 Å². The average molecular weight is 190 g/mol. The summed E-state index contributed by atoms with van der Waals surface area (Å²) in [6.45, 7) is 4.06. The first-order chi connectivity index (χ1) is 6.06. The van der Waals surface area contributed by atoms with E-state index in [9.17, 15) is 8.78 Å². The van der Waals surface area contributed by atoms with Crippen molar-refractivity contribution in [1.82, 2.24) is 9.78 Å². The van der Waals surface area contributed by atoms with Gasteiger partial charge in [-0.15, -0.1) is 0 Å². The Hall–Kier alpha value is -0.970. The van der Waals surface area contributed by atoms with E-state index >= 15 is 0 Å². The lowest BCUT2D eigenvalue weighted by Crippen LogP contribution is -2.08. The molecule has 0 bridgehead atoms. The topological polar surface area (TPSA) is 38.0 Å². The van der Waals surface area contributed by atoms with Gasteiger partial charge in [0, 0.05) is 18.3 Å². The minimum absolute atomic E-state index is 0.205. The lowest BCUT2D eigenvalue weighted by molar-refractivity contribution is -0.00617. The van der Waals surface area contributed by atoms with Crippen LogP contribution in [-0.2, 0) is 6.54 Å². The average Bonchev–Trinajstić information content (AvgIpc) is 2.45. The van der Waals surface area contributed by atoms with Gasteiger partial charge in [0.2, 0.25) is 0 Å². The molecule has 0 saturated carbocycles. The van der Waals surface area contributed by atoms with Crippen LogP contribution in [0, 0.1) is 6.92 Å². The van der Waals surface area contributed by atoms with Crippen LogP contribution < -0.4 is 0 Å². The Balaban J connectivity index is 2.93. The molecule has 0 radical (unpaired) electrons. The van der Waals surface area contributed by atoms with Crippen LogP contribution in [0.4, 0.5) is 8.78 Å². The smallest absolute Gasteiger partial charge is 0.268 e. The molecule has 1 atom stereocenters. The van der Waals surface area contributed by atoms with Crippen LogP contribution in [0.15, 0.2) is 6.20 Å². The molecule has 1 N–H and O–H groups in total. The van der Waals surface area contributed by atoms with E-state index in [4.69, 9.17) is 5.11 Å². The van der Waals surface area contributed by atoms with E-state index in [1.807, 2.05) is 6.92 Å². The Labute approximate surface area is 75.0 Å². The summed E-state index contributed by atoms with van der Waals surface area (Å²) in [5, 5.41) is 13.0. The van der Waals surface area contributed by atoms with Crippen molar-refractivity contribution in [2.24, 2.45) is 0 Å².